The van der Waals surface area contributed by atoms with Crippen LogP contribution in [0.2, 0.25) is 0 Å². The SMILES string of the molecule is CC1CN(C(=O)c2cccn2C2CCC2)CC1N. The Bertz CT molecular complexity index is 440. The molecule has 2 atom stereocenters. The van der Waals surface area contributed by atoms with Gasteiger partial charge in [0.2, 0.25) is 0 Å². The van der Waals surface area contributed by atoms with Crippen molar-refractivity contribution in [3.63, 3.8) is 0 Å². The molecule has 2 unspecified atom stereocenters. The van der Waals surface area contributed by atoms with Gasteiger partial charge in [-0.2, -0.15) is 0 Å². The molecule has 2 fully saturated rings. The standard InChI is InChI=1S/C14H21N3O/c1-10-8-16(9-12(10)15)14(18)13-6-3-7-17(13)11-4-2-5-11/h3,6-7,10-12H,2,4-5,8-9,15H2,1H3. The van der Waals surface area contributed by atoms with Crippen LogP contribution in [0.3, 0.4) is 0 Å². The second-order valence-corrected chi connectivity index (χ2v) is 5.74. The van der Waals surface area contributed by atoms with Gasteiger partial charge in [0.15, 0.2) is 0 Å². The summed E-state index contributed by atoms with van der Waals surface area (Å²) in [4.78, 5) is 14.4. The summed E-state index contributed by atoms with van der Waals surface area (Å²) in [6.07, 6.45) is 5.72. The Labute approximate surface area is 108 Å². The van der Waals surface area contributed by atoms with E-state index in [1.165, 1.54) is 19.3 Å². The molecule has 4 heteroatoms. The third kappa shape index (κ3) is 1.85. The van der Waals surface area contributed by atoms with Crippen molar-refractivity contribution < 1.29 is 4.79 Å². The smallest absolute Gasteiger partial charge is 0.270 e. The van der Waals surface area contributed by atoms with Crippen LogP contribution in [0.5, 0.6) is 0 Å². The highest BCUT2D eigenvalue weighted by atomic mass is 16.2. The van der Waals surface area contributed by atoms with Gasteiger partial charge in [0, 0.05) is 31.4 Å². The van der Waals surface area contributed by atoms with E-state index in [0.29, 0.717) is 18.5 Å². The summed E-state index contributed by atoms with van der Waals surface area (Å²) in [5, 5.41) is 0. The predicted octanol–water partition coefficient (Wildman–Crippen LogP) is 1.63. The number of nitrogens with two attached hydrogens (primary N) is 1. The van der Waals surface area contributed by atoms with Crippen LogP contribution in [0, 0.1) is 5.92 Å². The van der Waals surface area contributed by atoms with Crippen molar-refractivity contribution in [3.05, 3.63) is 24.0 Å². The van der Waals surface area contributed by atoms with E-state index in [1.54, 1.807) is 0 Å². The van der Waals surface area contributed by atoms with Gasteiger partial charge in [0.1, 0.15) is 5.69 Å². The Kier molecular flexibility index (Phi) is 2.90. The first-order valence-corrected chi connectivity index (χ1v) is 6.88. The van der Waals surface area contributed by atoms with E-state index in [0.717, 1.165) is 12.2 Å². The van der Waals surface area contributed by atoms with E-state index >= 15 is 0 Å². The normalized spacial score (nSPS) is 28.4. The van der Waals surface area contributed by atoms with Crippen LogP contribution in [-0.2, 0) is 0 Å². The van der Waals surface area contributed by atoms with Crippen molar-refractivity contribution in [1.29, 1.82) is 0 Å². The summed E-state index contributed by atoms with van der Waals surface area (Å²) in [5.74, 6) is 0.549. The minimum Gasteiger partial charge on any atom is -0.340 e. The molecular weight excluding hydrogens is 226 g/mol. The summed E-state index contributed by atoms with van der Waals surface area (Å²) in [7, 11) is 0. The zero-order valence-corrected chi connectivity index (χ0v) is 10.9. The van der Waals surface area contributed by atoms with Gasteiger partial charge in [-0.15, -0.1) is 0 Å². The van der Waals surface area contributed by atoms with E-state index < -0.39 is 0 Å². The van der Waals surface area contributed by atoms with E-state index in [4.69, 9.17) is 5.73 Å². The largest absolute Gasteiger partial charge is 0.340 e. The maximum absolute atomic E-state index is 12.5. The third-order valence-corrected chi connectivity index (χ3v) is 4.42. The second-order valence-electron chi connectivity index (χ2n) is 5.74. The quantitative estimate of drug-likeness (QED) is 0.863. The first-order valence-electron chi connectivity index (χ1n) is 6.88. The lowest BCUT2D eigenvalue weighted by Gasteiger charge is -2.29. The molecule has 2 heterocycles. The van der Waals surface area contributed by atoms with Gasteiger partial charge in [-0.25, -0.2) is 0 Å². The predicted molar refractivity (Wildman–Crippen MR) is 70.4 cm³/mol. The van der Waals surface area contributed by atoms with Gasteiger partial charge in [-0.1, -0.05) is 6.92 Å². The van der Waals surface area contributed by atoms with Gasteiger partial charge >= 0.3 is 0 Å². The molecule has 18 heavy (non-hydrogen) atoms. The van der Waals surface area contributed by atoms with Crippen LogP contribution in [0.25, 0.3) is 0 Å². The molecule has 4 nitrogen and oxygen atoms in total. The van der Waals surface area contributed by atoms with Gasteiger partial charge in [-0.3, -0.25) is 4.79 Å². The number of carbonyl (C=O) groups is 1. The minimum absolute atomic E-state index is 0.126. The van der Waals surface area contributed by atoms with Crippen LogP contribution < -0.4 is 5.73 Å². The van der Waals surface area contributed by atoms with E-state index in [1.807, 2.05) is 23.2 Å². The zero-order valence-electron chi connectivity index (χ0n) is 10.9. The maximum atomic E-state index is 12.5. The number of aromatic nitrogens is 1. The molecule has 1 amide bonds. The van der Waals surface area contributed by atoms with Crippen LogP contribution in [0.15, 0.2) is 18.3 Å². The number of hydrogen-bond acceptors (Lipinski definition) is 2. The highest BCUT2D eigenvalue weighted by molar-refractivity contribution is 5.93. The molecule has 1 aromatic rings. The molecule has 1 aliphatic carbocycles. The molecule has 1 aromatic heterocycles. The van der Waals surface area contributed by atoms with Crippen molar-refractivity contribution in [3.8, 4) is 0 Å². The van der Waals surface area contributed by atoms with Crippen molar-refractivity contribution in [1.82, 2.24) is 9.47 Å². The molecule has 2 aliphatic rings. The Morgan fingerprint density at radius 3 is 2.72 bits per heavy atom. The van der Waals surface area contributed by atoms with E-state index in [9.17, 15) is 4.79 Å². The summed E-state index contributed by atoms with van der Waals surface area (Å²) >= 11 is 0. The average molecular weight is 247 g/mol. The summed E-state index contributed by atoms with van der Waals surface area (Å²) in [6.45, 7) is 3.59. The fourth-order valence-corrected chi connectivity index (χ4v) is 2.88. The lowest BCUT2D eigenvalue weighted by atomic mass is 9.93. The number of likely N-dealkylation sites (tertiary alicyclic amines) is 1. The molecule has 0 aromatic carbocycles. The highest BCUT2D eigenvalue weighted by Crippen LogP contribution is 2.33. The molecule has 1 saturated carbocycles. The molecule has 1 saturated heterocycles. The topological polar surface area (TPSA) is 51.3 Å². The highest BCUT2D eigenvalue weighted by Gasteiger charge is 2.32. The first kappa shape index (κ1) is 11.8. The second kappa shape index (κ2) is 4.43. The van der Waals surface area contributed by atoms with Gasteiger partial charge < -0.3 is 15.2 Å². The molecule has 0 radical (unpaired) electrons. The van der Waals surface area contributed by atoms with Crippen molar-refractivity contribution >= 4 is 5.91 Å². The number of nitrogens with zero attached hydrogens (tertiary/aromatic N) is 2. The first-order chi connectivity index (χ1) is 8.66. The van der Waals surface area contributed by atoms with Crippen molar-refractivity contribution in [2.45, 2.75) is 38.3 Å². The lowest BCUT2D eigenvalue weighted by Crippen LogP contribution is -2.34. The molecule has 3 rings (SSSR count). The Morgan fingerprint density at radius 1 is 1.39 bits per heavy atom. The molecule has 2 N–H and O–H groups in total. The number of hydrogen-bond donors (Lipinski definition) is 1. The fourth-order valence-electron chi connectivity index (χ4n) is 2.88. The maximum Gasteiger partial charge on any atom is 0.270 e. The minimum atomic E-state index is 0.126. The van der Waals surface area contributed by atoms with E-state index in [2.05, 4.69) is 11.5 Å². The number of carbonyl (C=O) groups excluding carboxylic acids is 1. The van der Waals surface area contributed by atoms with Crippen LogP contribution in [0.1, 0.15) is 42.7 Å². The molecule has 1 aliphatic heterocycles. The molecule has 0 bridgehead atoms. The third-order valence-electron chi connectivity index (χ3n) is 4.42. The van der Waals surface area contributed by atoms with Gasteiger partial charge in [0.05, 0.1) is 0 Å². The van der Waals surface area contributed by atoms with E-state index in [-0.39, 0.29) is 11.9 Å². The average Bonchev–Trinajstić information content (AvgIpc) is 2.84. The fraction of sp³-hybridized carbons (Fsp3) is 0.643. The molecule has 0 spiro atoms. The van der Waals surface area contributed by atoms with Crippen LogP contribution in [0.4, 0.5) is 0 Å². The zero-order chi connectivity index (χ0) is 12.7. The van der Waals surface area contributed by atoms with Crippen molar-refractivity contribution in [2.24, 2.45) is 11.7 Å². The molecular formula is C14H21N3O. The summed E-state index contributed by atoms with van der Waals surface area (Å²) in [6, 6.07) is 4.58. The summed E-state index contributed by atoms with van der Waals surface area (Å²) in [5.41, 5.74) is 6.83. The molecule has 98 valence electrons. The van der Waals surface area contributed by atoms with Crippen LogP contribution in [-0.4, -0.2) is 34.5 Å². The lowest BCUT2D eigenvalue weighted by molar-refractivity contribution is 0.0770. The van der Waals surface area contributed by atoms with Crippen LogP contribution >= 0.6 is 0 Å². The Morgan fingerprint density at radius 2 is 2.17 bits per heavy atom. The van der Waals surface area contributed by atoms with Gasteiger partial charge in [0.25, 0.3) is 5.91 Å². The summed E-state index contributed by atoms with van der Waals surface area (Å²) < 4.78 is 2.15. The number of amides is 1. The number of rotatable bonds is 2. The Hall–Kier alpha value is -1.29. The van der Waals surface area contributed by atoms with Gasteiger partial charge in [-0.05, 0) is 37.3 Å². The monoisotopic (exact) mass is 247 g/mol. The van der Waals surface area contributed by atoms with Crippen molar-refractivity contribution in [2.75, 3.05) is 13.1 Å². The Balaban J connectivity index is 1.78.